The minimum absolute atomic E-state index is 0.188. The molecule has 0 aromatic heterocycles. The van der Waals surface area contributed by atoms with Crippen LogP contribution >= 0.6 is 0 Å². The number of aliphatic carboxylic acids is 1. The molecule has 204 valence electrons. The van der Waals surface area contributed by atoms with Crippen LogP contribution in [0.3, 0.4) is 0 Å². The van der Waals surface area contributed by atoms with Crippen LogP contribution in [0.15, 0.2) is 72.8 Å². The van der Waals surface area contributed by atoms with Gasteiger partial charge >= 0.3 is 12.1 Å². The summed E-state index contributed by atoms with van der Waals surface area (Å²) in [6.07, 6.45) is -3.88. The second-order valence-corrected chi connectivity index (χ2v) is 9.16. The lowest BCUT2D eigenvalue weighted by Crippen LogP contribution is -2.28. The number of rotatable bonds is 5. The van der Waals surface area contributed by atoms with Gasteiger partial charge in [-0.1, -0.05) is 30.3 Å². The van der Waals surface area contributed by atoms with Gasteiger partial charge in [0.05, 0.1) is 11.6 Å². The van der Waals surface area contributed by atoms with Crippen LogP contribution < -0.4 is 5.32 Å². The van der Waals surface area contributed by atoms with Gasteiger partial charge in [-0.25, -0.2) is 4.79 Å². The molecule has 0 aliphatic carbocycles. The Morgan fingerprint density at radius 3 is 2.23 bits per heavy atom. The van der Waals surface area contributed by atoms with Crippen LogP contribution in [0.25, 0.3) is 11.1 Å². The van der Waals surface area contributed by atoms with Crippen LogP contribution in [0.1, 0.15) is 27.9 Å². The Morgan fingerprint density at radius 2 is 1.59 bits per heavy atom. The lowest BCUT2D eigenvalue weighted by atomic mass is 10.0. The molecule has 1 fully saturated rings. The van der Waals surface area contributed by atoms with E-state index in [-0.39, 0.29) is 5.91 Å². The van der Waals surface area contributed by atoms with Crippen molar-refractivity contribution < 1.29 is 27.9 Å². The molecule has 0 bridgehead atoms. The summed E-state index contributed by atoms with van der Waals surface area (Å²) in [7, 11) is 2.19. The lowest BCUT2D eigenvalue weighted by molar-refractivity contribution is -0.192. The quantitative estimate of drug-likeness (QED) is 0.461. The van der Waals surface area contributed by atoms with E-state index in [9.17, 15) is 18.0 Å². The van der Waals surface area contributed by atoms with Gasteiger partial charge in [-0.05, 0) is 85.7 Å². The fraction of sp³-hybridized carbons (Fsp3) is 0.276. The maximum absolute atomic E-state index is 12.6. The maximum Gasteiger partial charge on any atom is 0.490 e. The third-order valence-electron chi connectivity index (χ3n) is 6.12. The number of likely N-dealkylation sites (N-methyl/N-ethyl adjacent to an activating group) is 1. The normalized spacial score (nSPS) is 14.3. The van der Waals surface area contributed by atoms with Crippen LogP contribution in [-0.2, 0) is 11.3 Å². The minimum Gasteiger partial charge on any atom is -0.475 e. The van der Waals surface area contributed by atoms with Crippen molar-refractivity contribution in [2.24, 2.45) is 0 Å². The Bertz CT molecular complexity index is 1320. The number of carboxylic acids is 1. The van der Waals surface area contributed by atoms with E-state index < -0.39 is 12.1 Å². The molecule has 1 aliphatic heterocycles. The number of carbonyl (C=O) groups excluding carboxylic acids is 1. The summed E-state index contributed by atoms with van der Waals surface area (Å²) in [6, 6.07) is 25.3. The number of carboxylic acid groups (broad SMARTS) is 1. The zero-order chi connectivity index (χ0) is 28.4. The van der Waals surface area contributed by atoms with Crippen molar-refractivity contribution in [1.29, 1.82) is 5.26 Å². The van der Waals surface area contributed by atoms with Gasteiger partial charge in [0.25, 0.3) is 5.91 Å². The maximum atomic E-state index is 12.6. The van der Waals surface area contributed by atoms with Crippen molar-refractivity contribution in [2.45, 2.75) is 19.1 Å². The van der Waals surface area contributed by atoms with Crippen molar-refractivity contribution >= 4 is 17.6 Å². The molecular weight excluding hydrogens is 509 g/mol. The van der Waals surface area contributed by atoms with Crippen molar-refractivity contribution in [1.82, 2.24) is 9.80 Å². The number of nitriles is 1. The van der Waals surface area contributed by atoms with E-state index in [1.807, 2.05) is 18.2 Å². The average Bonchev–Trinajstić information content (AvgIpc) is 3.12. The summed E-state index contributed by atoms with van der Waals surface area (Å²) in [4.78, 5) is 26.4. The molecule has 1 amide bonds. The molecule has 3 aromatic carbocycles. The van der Waals surface area contributed by atoms with Gasteiger partial charge in [0.1, 0.15) is 0 Å². The zero-order valence-corrected chi connectivity index (χ0v) is 21.4. The first kappa shape index (κ1) is 29.4. The first-order chi connectivity index (χ1) is 18.5. The highest BCUT2D eigenvalue weighted by Crippen LogP contribution is 2.25. The zero-order valence-electron chi connectivity index (χ0n) is 21.4. The van der Waals surface area contributed by atoms with Crippen LogP contribution in [0.2, 0.25) is 0 Å². The predicted octanol–water partition coefficient (Wildman–Crippen LogP) is 5.25. The molecule has 0 radical (unpaired) electrons. The highest BCUT2D eigenvalue weighted by Gasteiger charge is 2.38. The van der Waals surface area contributed by atoms with Gasteiger partial charge in [-0.15, -0.1) is 0 Å². The molecule has 10 heteroatoms. The molecule has 1 heterocycles. The summed E-state index contributed by atoms with van der Waals surface area (Å²) in [5.74, 6) is -2.95. The summed E-state index contributed by atoms with van der Waals surface area (Å²) in [5.41, 5.74) is 5.33. The van der Waals surface area contributed by atoms with E-state index in [0.29, 0.717) is 11.1 Å². The van der Waals surface area contributed by atoms with Crippen LogP contribution in [-0.4, -0.2) is 66.2 Å². The smallest absolute Gasteiger partial charge is 0.475 e. The number of anilines is 1. The Hall–Kier alpha value is -4.20. The first-order valence-corrected chi connectivity index (χ1v) is 12.3. The number of amides is 1. The van der Waals surface area contributed by atoms with Gasteiger partial charge in [0.2, 0.25) is 0 Å². The molecule has 2 N–H and O–H groups in total. The summed E-state index contributed by atoms with van der Waals surface area (Å²) >= 11 is 0. The topological polar surface area (TPSA) is 96.7 Å². The van der Waals surface area contributed by atoms with Crippen molar-refractivity contribution in [2.75, 3.05) is 38.5 Å². The fourth-order valence-electron chi connectivity index (χ4n) is 4.04. The van der Waals surface area contributed by atoms with Gasteiger partial charge in [0.15, 0.2) is 0 Å². The van der Waals surface area contributed by atoms with Crippen molar-refractivity contribution in [3.8, 4) is 17.2 Å². The van der Waals surface area contributed by atoms with E-state index in [0.717, 1.165) is 49.5 Å². The van der Waals surface area contributed by atoms with E-state index in [1.165, 1.54) is 12.0 Å². The summed E-state index contributed by atoms with van der Waals surface area (Å²) in [5, 5.41) is 19.0. The van der Waals surface area contributed by atoms with Crippen LogP contribution in [0.5, 0.6) is 0 Å². The lowest BCUT2D eigenvalue weighted by Gasteiger charge is -2.20. The van der Waals surface area contributed by atoms with Crippen molar-refractivity contribution in [3.05, 3.63) is 89.5 Å². The van der Waals surface area contributed by atoms with E-state index in [2.05, 4.69) is 58.6 Å². The van der Waals surface area contributed by atoms with E-state index in [4.69, 9.17) is 15.2 Å². The Morgan fingerprint density at radius 1 is 0.949 bits per heavy atom. The molecule has 1 aliphatic rings. The van der Waals surface area contributed by atoms with Gasteiger partial charge < -0.3 is 15.3 Å². The molecule has 39 heavy (non-hydrogen) atoms. The number of alkyl halides is 3. The number of benzene rings is 3. The highest BCUT2D eigenvalue weighted by molar-refractivity contribution is 6.04. The Balaban J connectivity index is 0.000000532. The molecular formula is C29H29F3N4O3. The van der Waals surface area contributed by atoms with Crippen LogP contribution in [0, 0.1) is 11.3 Å². The number of nitrogens with one attached hydrogen (secondary N) is 1. The third-order valence-corrected chi connectivity index (χ3v) is 6.12. The monoisotopic (exact) mass is 538 g/mol. The van der Waals surface area contributed by atoms with Crippen LogP contribution in [0.4, 0.5) is 18.9 Å². The molecule has 3 aromatic rings. The summed E-state index contributed by atoms with van der Waals surface area (Å²) < 4.78 is 31.7. The Kier molecular flexibility index (Phi) is 10.2. The largest absolute Gasteiger partial charge is 0.490 e. The molecule has 0 atom stereocenters. The van der Waals surface area contributed by atoms with E-state index >= 15 is 0 Å². The van der Waals surface area contributed by atoms with Crippen molar-refractivity contribution in [3.63, 3.8) is 0 Å². The SMILES string of the molecule is CN1CCCN(Cc2cccc(-c3cccc(NC(=O)c4ccc(C#N)cc4)c3)c2)CC1.O=C(O)C(F)(F)F. The van der Waals surface area contributed by atoms with Gasteiger partial charge in [-0.3, -0.25) is 9.69 Å². The van der Waals surface area contributed by atoms with Gasteiger partial charge in [0, 0.05) is 30.9 Å². The molecule has 4 rings (SSSR count). The number of carbonyl (C=O) groups is 2. The molecule has 0 saturated carbocycles. The average molecular weight is 539 g/mol. The Labute approximate surface area is 225 Å². The number of nitrogens with zero attached hydrogens (tertiary/aromatic N) is 3. The summed E-state index contributed by atoms with van der Waals surface area (Å²) in [6.45, 7) is 5.46. The second-order valence-electron chi connectivity index (χ2n) is 9.16. The standard InChI is InChI=1S/C27H28N4O.C2HF3O2/c1-30-13-4-14-31(16-15-30)20-22-5-2-6-24(17-22)25-7-3-8-26(18-25)29-27(32)23-11-9-21(19-28)10-12-23;3-2(4,5)1(6)7/h2-3,5-12,17-18H,4,13-16,20H2,1H3,(H,29,32);(H,6,7). The number of halogens is 3. The third kappa shape index (κ3) is 9.25. The number of hydrogen-bond donors (Lipinski definition) is 2. The second kappa shape index (κ2) is 13.6. The molecule has 0 unspecified atom stereocenters. The number of hydrogen-bond acceptors (Lipinski definition) is 5. The fourth-order valence-corrected chi connectivity index (χ4v) is 4.04. The first-order valence-electron chi connectivity index (χ1n) is 12.3. The molecule has 0 spiro atoms. The van der Waals surface area contributed by atoms with E-state index in [1.54, 1.807) is 24.3 Å². The van der Waals surface area contributed by atoms with Gasteiger partial charge in [-0.2, -0.15) is 18.4 Å². The minimum atomic E-state index is -5.08. The molecule has 7 nitrogen and oxygen atoms in total. The predicted molar refractivity (Wildman–Crippen MR) is 142 cm³/mol. The molecule has 1 saturated heterocycles. The highest BCUT2D eigenvalue weighted by atomic mass is 19.4.